The number of carbonyl (C=O) groups excluding carboxylic acids is 1. The van der Waals surface area contributed by atoms with Crippen molar-refractivity contribution in [2.24, 2.45) is 5.92 Å². The number of anilines is 1. The molecule has 3 aromatic rings. The Morgan fingerprint density at radius 1 is 1.15 bits per heavy atom. The van der Waals surface area contributed by atoms with E-state index in [1.54, 1.807) is 10.9 Å². The highest BCUT2D eigenvalue weighted by molar-refractivity contribution is 5.81. The molecule has 1 saturated carbocycles. The summed E-state index contributed by atoms with van der Waals surface area (Å²) in [5.41, 5.74) is 1.73. The molecule has 1 aliphatic heterocycles. The third kappa shape index (κ3) is 3.22. The molecule has 27 heavy (non-hydrogen) atoms. The van der Waals surface area contributed by atoms with Gasteiger partial charge in [-0.15, -0.1) is 5.10 Å². The lowest BCUT2D eigenvalue weighted by Crippen LogP contribution is -2.45. The normalized spacial score (nSPS) is 20.0. The SMILES string of the molecule is O=C(C1CC1)N1CCCC(Nc2nccc(-n3nnc4ccccc43)n2)C1. The van der Waals surface area contributed by atoms with E-state index in [1.807, 2.05) is 35.2 Å². The molecule has 1 N–H and O–H groups in total. The number of carbonyl (C=O) groups is 1. The molecule has 8 nitrogen and oxygen atoms in total. The fourth-order valence-electron chi connectivity index (χ4n) is 3.64. The summed E-state index contributed by atoms with van der Waals surface area (Å²) < 4.78 is 1.71. The van der Waals surface area contributed by atoms with E-state index in [1.165, 1.54) is 0 Å². The van der Waals surface area contributed by atoms with E-state index >= 15 is 0 Å². The van der Waals surface area contributed by atoms with Gasteiger partial charge in [0.15, 0.2) is 5.82 Å². The summed E-state index contributed by atoms with van der Waals surface area (Å²) in [4.78, 5) is 23.3. The van der Waals surface area contributed by atoms with Crippen molar-refractivity contribution in [3.8, 4) is 5.82 Å². The van der Waals surface area contributed by atoms with Crippen LogP contribution in [0.4, 0.5) is 5.95 Å². The highest BCUT2D eigenvalue weighted by atomic mass is 16.2. The number of benzene rings is 1. The quantitative estimate of drug-likeness (QED) is 0.763. The Morgan fingerprint density at radius 2 is 2.04 bits per heavy atom. The number of rotatable bonds is 4. The largest absolute Gasteiger partial charge is 0.350 e. The van der Waals surface area contributed by atoms with Gasteiger partial charge in [-0.2, -0.15) is 9.67 Å². The number of aromatic nitrogens is 5. The Hall–Kier alpha value is -3.03. The first-order chi connectivity index (χ1) is 13.3. The number of likely N-dealkylation sites (tertiary alicyclic amines) is 1. The zero-order valence-electron chi connectivity index (χ0n) is 15.0. The van der Waals surface area contributed by atoms with E-state index in [0.717, 1.165) is 49.8 Å². The number of hydrogen-bond acceptors (Lipinski definition) is 6. The van der Waals surface area contributed by atoms with Gasteiger partial charge in [-0.05, 0) is 37.8 Å². The van der Waals surface area contributed by atoms with Crippen molar-refractivity contribution in [2.45, 2.75) is 31.7 Å². The molecule has 2 aromatic heterocycles. The molecule has 1 atom stereocenters. The average Bonchev–Trinajstić information content (AvgIpc) is 3.47. The van der Waals surface area contributed by atoms with E-state index in [-0.39, 0.29) is 12.0 Å². The van der Waals surface area contributed by atoms with Gasteiger partial charge < -0.3 is 10.2 Å². The van der Waals surface area contributed by atoms with Crippen LogP contribution in [-0.2, 0) is 4.79 Å². The molecule has 0 radical (unpaired) electrons. The van der Waals surface area contributed by atoms with Gasteiger partial charge in [0, 0.05) is 37.3 Å². The minimum atomic E-state index is 0.171. The average molecular weight is 363 g/mol. The van der Waals surface area contributed by atoms with Crippen LogP contribution in [-0.4, -0.2) is 54.9 Å². The van der Waals surface area contributed by atoms with E-state index < -0.39 is 0 Å². The third-order valence-corrected chi connectivity index (χ3v) is 5.20. The summed E-state index contributed by atoms with van der Waals surface area (Å²) in [7, 11) is 0. The van der Waals surface area contributed by atoms with Crippen LogP contribution >= 0.6 is 0 Å². The number of para-hydroxylation sites is 1. The predicted octanol–water partition coefficient (Wildman–Crippen LogP) is 2.02. The summed E-state index contributed by atoms with van der Waals surface area (Å²) in [6.07, 6.45) is 5.82. The summed E-state index contributed by atoms with van der Waals surface area (Å²) >= 11 is 0. The maximum Gasteiger partial charge on any atom is 0.225 e. The van der Waals surface area contributed by atoms with Crippen LogP contribution < -0.4 is 5.32 Å². The van der Waals surface area contributed by atoms with E-state index in [9.17, 15) is 4.79 Å². The van der Waals surface area contributed by atoms with Crippen LogP contribution in [0.1, 0.15) is 25.7 Å². The highest BCUT2D eigenvalue weighted by Gasteiger charge is 2.35. The van der Waals surface area contributed by atoms with Gasteiger partial charge in [-0.25, -0.2) is 4.98 Å². The van der Waals surface area contributed by atoms with Gasteiger partial charge in [0.25, 0.3) is 0 Å². The topological polar surface area (TPSA) is 88.8 Å². The zero-order chi connectivity index (χ0) is 18.2. The Bertz CT molecular complexity index is 981. The van der Waals surface area contributed by atoms with Crippen LogP contribution in [0.3, 0.4) is 0 Å². The molecule has 0 bridgehead atoms. The monoisotopic (exact) mass is 363 g/mol. The molecule has 5 rings (SSSR count). The molecule has 2 fully saturated rings. The first-order valence-corrected chi connectivity index (χ1v) is 9.47. The summed E-state index contributed by atoms with van der Waals surface area (Å²) in [5, 5.41) is 11.8. The summed E-state index contributed by atoms with van der Waals surface area (Å²) in [6.45, 7) is 1.58. The third-order valence-electron chi connectivity index (χ3n) is 5.20. The fraction of sp³-hybridized carbons (Fsp3) is 0.421. The van der Waals surface area contributed by atoms with Gasteiger partial charge in [-0.1, -0.05) is 17.3 Å². The zero-order valence-corrected chi connectivity index (χ0v) is 15.0. The maximum absolute atomic E-state index is 12.3. The smallest absolute Gasteiger partial charge is 0.225 e. The Morgan fingerprint density at radius 3 is 2.93 bits per heavy atom. The molecule has 138 valence electrons. The highest BCUT2D eigenvalue weighted by Crippen LogP contribution is 2.32. The molecule has 8 heteroatoms. The maximum atomic E-state index is 12.3. The van der Waals surface area contributed by atoms with Gasteiger partial charge in [0.05, 0.1) is 5.52 Å². The molecular formula is C19H21N7O. The van der Waals surface area contributed by atoms with Crippen molar-refractivity contribution in [3.05, 3.63) is 36.5 Å². The number of nitrogens with one attached hydrogen (secondary N) is 1. The minimum Gasteiger partial charge on any atom is -0.350 e. The molecule has 0 spiro atoms. The van der Waals surface area contributed by atoms with Crippen LogP contribution in [0.2, 0.25) is 0 Å². The van der Waals surface area contributed by atoms with E-state index in [0.29, 0.717) is 17.7 Å². The molecule has 2 aliphatic rings. The number of amides is 1. The first-order valence-electron chi connectivity index (χ1n) is 9.47. The second-order valence-electron chi connectivity index (χ2n) is 7.27. The van der Waals surface area contributed by atoms with Gasteiger partial charge in [0.1, 0.15) is 5.52 Å². The lowest BCUT2D eigenvalue weighted by molar-refractivity contribution is -0.133. The Kier molecular flexibility index (Phi) is 3.95. The lowest BCUT2D eigenvalue weighted by Gasteiger charge is -2.33. The van der Waals surface area contributed by atoms with Crippen molar-refractivity contribution < 1.29 is 4.79 Å². The number of fused-ring (bicyclic) bond motifs is 1. The number of hydrogen-bond donors (Lipinski definition) is 1. The second-order valence-corrected chi connectivity index (χ2v) is 7.27. The van der Waals surface area contributed by atoms with Crippen LogP contribution in [0.25, 0.3) is 16.9 Å². The van der Waals surface area contributed by atoms with Crippen LogP contribution in [0, 0.1) is 5.92 Å². The lowest BCUT2D eigenvalue weighted by atomic mass is 10.1. The summed E-state index contributed by atoms with van der Waals surface area (Å²) in [5.74, 6) is 1.80. The first kappa shape index (κ1) is 16.2. The van der Waals surface area contributed by atoms with E-state index in [4.69, 9.17) is 0 Å². The van der Waals surface area contributed by atoms with Gasteiger partial charge in [-0.3, -0.25) is 4.79 Å². The van der Waals surface area contributed by atoms with Crippen molar-refractivity contribution >= 4 is 22.9 Å². The van der Waals surface area contributed by atoms with Gasteiger partial charge in [0.2, 0.25) is 11.9 Å². The van der Waals surface area contributed by atoms with E-state index in [2.05, 4.69) is 25.6 Å². The van der Waals surface area contributed by atoms with Crippen molar-refractivity contribution in [3.63, 3.8) is 0 Å². The minimum absolute atomic E-state index is 0.171. The Labute approximate surface area is 156 Å². The molecule has 1 amide bonds. The molecule has 1 aliphatic carbocycles. The standard InChI is InChI=1S/C19H21N7O/c27-18(13-7-8-13)25-11-3-4-14(12-25)21-19-20-10-9-17(22-19)26-16-6-2-1-5-15(16)23-24-26/h1-2,5-6,9-10,13-14H,3-4,7-8,11-12H2,(H,20,21,22). The fourth-order valence-corrected chi connectivity index (χ4v) is 3.64. The number of piperidine rings is 1. The van der Waals surface area contributed by atoms with Crippen molar-refractivity contribution in [1.82, 2.24) is 29.9 Å². The van der Waals surface area contributed by atoms with Crippen LogP contribution in [0.15, 0.2) is 36.5 Å². The second kappa shape index (κ2) is 6.61. The molecule has 1 aromatic carbocycles. The summed E-state index contributed by atoms with van der Waals surface area (Å²) in [6, 6.07) is 9.77. The molecular weight excluding hydrogens is 342 g/mol. The van der Waals surface area contributed by atoms with Crippen LogP contribution in [0.5, 0.6) is 0 Å². The molecule has 3 heterocycles. The number of nitrogens with zero attached hydrogens (tertiary/aromatic N) is 6. The Balaban J connectivity index is 1.34. The van der Waals surface area contributed by atoms with Gasteiger partial charge >= 0.3 is 0 Å². The molecule has 1 unspecified atom stereocenters. The predicted molar refractivity (Wildman–Crippen MR) is 100 cm³/mol. The molecule has 1 saturated heterocycles. The van der Waals surface area contributed by atoms with Crippen molar-refractivity contribution in [1.29, 1.82) is 0 Å². The van der Waals surface area contributed by atoms with Crippen molar-refractivity contribution in [2.75, 3.05) is 18.4 Å².